The van der Waals surface area contributed by atoms with E-state index in [1.54, 1.807) is 12.1 Å². The first-order valence-electron chi connectivity index (χ1n) is 11.1. The van der Waals surface area contributed by atoms with E-state index in [0.29, 0.717) is 17.1 Å². The van der Waals surface area contributed by atoms with Crippen molar-refractivity contribution in [3.63, 3.8) is 0 Å². The first-order chi connectivity index (χ1) is 15.5. The summed E-state index contributed by atoms with van der Waals surface area (Å²) in [4.78, 5) is 15.4. The fourth-order valence-electron chi connectivity index (χ4n) is 4.36. The lowest BCUT2D eigenvalue weighted by Crippen LogP contribution is -2.41. The summed E-state index contributed by atoms with van der Waals surface area (Å²) in [7, 11) is 0. The summed E-state index contributed by atoms with van der Waals surface area (Å²) in [5, 5.41) is 3.70. The Morgan fingerprint density at radius 1 is 1.03 bits per heavy atom. The maximum atomic E-state index is 14.1. The minimum Gasteiger partial charge on any atom is -0.345 e. The molecule has 3 aromatic carbocycles. The molecule has 0 unspecified atom stereocenters. The summed E-state index contributed by atoms with van der Waals surface area (Å²) >= 11 is 5.85. The van der Waals surface area contributed by atoms with E-state index in [2.05, 4.69) is 47.5 Å². The van der Waals surface area contributed by atoms with Crippen LogP contribution in [0.2, 0.25) is 5.02 Å². The quantitative estimate of drug-likeness (QED) is 0.506. The van der Waals surface area contributed by atoms with Crippen molar-refractivity contribution >= 4 is 17.5 Å². The summed E-state index contributed by atoms with van der Waals surface area (Å²) in [6.07, 6.45) is 1.52. The second kappa shape index (κ2) is 10.3. The highest BCUT2D eigenvalue weighted by atomic mass is 35.5. The Bertz CT molecular complexity index is 1060. The van der Waals surface area contributed by atoms with Gasteiger partial charge in [-0.15, -0.1) is 0 Å². The fraction of sp³-hybridized carbons (Fsp3) is 0.296. The van der Waals surface area contributed by atoms with Crippen LogP contribution in [0.4, 0.5) is 4.39 Å². The Labute approximate surface area is 194 Å². The molecule has 4 rings (SSSR count). The Balaban J connectivity index is 1.40. The third kappa shape index (κ3) is 5.56. The summed E-state index contributed by atoms with van der Waals surface area (Å²) < 4.78 is 14.1. The van der Waals surface area contributed by atoms with Crippen molar-refractivity contribution < 1.29 is 9.18 Å². The first-order valence-corrected chi connectivity index (χ1v) is 11.5. The molecule has 1 saturated heterocycles. The summed E-state index contributed by atoms with van der Waals surface area (Å²) in [6, 6.07) is 23.0. The van der Waals surface area contributed by atoms with Crippen molar-refractivity contribution in [1.82, 2.24) is 10.2 Å². The monoisotopic (exact) mass is 450 g/mol. The van der Waals surface area contributed by atoms with Gasteiger partial charge in [0.2, 0.25) is 5.91 Å². The number of halogens is 2. The molecule has 5 heteroatoms. The number of amides is 1. The largest absolute Gasteiger partial charge is 0.345 e. The molecule has 0 bridgehead atoms. The fourth-order valence-corrected chi connectivity index (χ4v) is 4.52. The third-order valence-corrected chi connectivity index (χ3v) is 6.40. The van der Waals surface area contributed by atoms with Crippen LogP contribution in [0.1, 0.15) is 41.1 Å². The number of nitrogens with one attached hydrogen (secondary N) is 1. The van der Waals surface area contributed by atoms with Crippen LogP contribution in [0.15, 0.2) is 72.8 Å². The first kappa shape index (κ1) is 22.5. The zero-order valence-electron chi connectivity index (χ0n) is 18.2. The predicted octanol–water partition coefficient (Wildman–Crippen LogP) is 5.91. The van der Waals surface area contributed by atoms with Gasteiger partial charge in [0.15, 0.2) is 0 Å². The number of benzene rings is 3. The van der Waals surface area contributed by atoms with Crippen LogP contribution in [-0.2, 0) is 11.3 Å². The van der Waals surface area contributed by atoms with E-state index in [1.165, 1.54) is 11.6 Å². The molecule has 0 saturated carbocycles. The van der Waals surface area contributed by atoms with Crippen molar-refractivity contribution in [3.8, 4) is 0 Å². The third-order valence-electron chi connectivity index (χ3n) is 6.16. The molecule has 1 heterocycles. The molecule has 1 amide bonds. The van der Waals surface area contributed by atoms with Crippen LogP contribution < -0.4 is 5.32 Å². The molecule has 166 valence electrons. The van der Waals surface area contributed by atoms with Gasteiger partial charge >= 0.3 is 0 Å². The molecule has 3 aromatic rings. The molecule has 0 aromatic heterocycles. The van der Waals surface area contributed by atoms with Crippen LogP contribution in [0.5, 0.6) is 0 Å². The Morgan fingerprint density at radius 2 is 1.75 bits per heavy atom. The van der Waals surface area contributed by atoms with Gasteiger partial charge in [-0.05, 0) is 56.1 Å². The number of carbonyl (C=O) groups excluding carboxylic acids is 1. The number of piperidine rings is 1. The summed E-state index contributed by atoms with van der Waals surface area (Å²) in [5.74, 6) is -0.240. The SMILES string of the molecule is Cc1cccc([C@@H](NC(=O)C2CCN(Cc3ccc(Cl)cc3F)CC2)c2ccccc2)c1. The Hall–Kier alpha value is -2.69. The van der Waals surface area contributed by atoms with Crippen LogP contribution in [0.3, 0.4) is 0 Å². The molecule has 1 aliphatic heterocycles. The van der Waals surface area contributed by atoms with Gasteiger partial charge in [0, 0.05) is 23.0 Å². The van der Waals surface area contributed by atoms with E-state index < -0.39 is 0 Å². The van der Waals surface area contributed by atoms with Gasteiger partial charge in [-0.2, -0.15) is 0 Å². The van der Waals surface area contributed by atoms with Crippen molar-refractivity contribution in [3.05, 3.63) is 106 Å². The normalized spacial score (nSPS) is 16.0. The molecular weight excluding hydrogens is 423 g/mol. The second-order valence-corrected chi connectivity index (χ2v) is 8.99. The van der Waals surface area contributed by atoms with Crippen LogP contribution in [0.25, 0.3) is 0 Å². The molecule has 1 N–H and O–H groups in total. The van der Waals surface area contributed by atoms with Gasteiger partial charge in [-0.3, -0.25) is 9.69 Å². The molecule has 0 aliphatic carbocycles. The number of nitrogens with zero attached hydrogens (tertiary/aromatic N) is 1. The highest BCUT2D eigenvalue weighted by molar-refractivity contribution is 6.30. The van der Waals surface area contributed by atoms with E-state index in [1.807, 2.05) is 24.3 Å². The predicted molar refractivity (Wildman–Crippen MR) is 127 cm³/mol. The highest BCUT2D eigenvalue weighted by Crippen LogP contribution is 2.26. The van der Waals surface area contributed by atoms with E-state index in [4.69, 9.17) is 11.6 Å². The van der Waals surface area contributed by atoms with Crippen LogP contribution in [0, 0.1) is 18.7 Å². The highest BCUT2D eigenvalue weighted by Gasteiger charge is 2.27. The lowest BCUT2D eigenvalue weighted by Gasteiger charge is -2.32. The molecular formula is C27H28ClFN2O. The summed E-state index contributed by atoms with van der Waals surface area (Å²) in [5.41, 5.74) is 3.96. The Morgan fingerprint density at radius 3 is 2.44 bits per heavy atom. The van der Waals surface area contributed by atoms with Gasteiger partial charge < -0.3 is 5.32 Å². The van der Waals surface area contributed by atoms with Crippen LogP contribution in [-0.4, -0.2) is 23.9 Å². The molecule has 0 spiro atoms. The topological polar surface area (TPSA) is 32.3 Å². The van der Waals surface area contributed by atoms with E-state index in [0.717, 1.165) is 37.1 Å². The summed E-state index contributed by atoms with van der Waals surface area (Å²) in [6.45, 7) is 4.13. The van der Waals surface area contributed by atoms with Gasteiger partial charge in [0.25, 0.3) is 0 Å². The van der Waals surface area contributed by atoms with Crippen molar-refractivity contribution in [2.24, 2.45) is 5.92 Å². The lowest BCUT2D eigenvalue weighted by atomic mass is 9.93. The Kier molecular flexibility index (Phi) is 7.23. The lowest BCUT2D eigenvalue weighted by molar-refractivity contribution is -0.127. The zero-order valence-corrected chi connectivity index (χ0v) is 19.0. The standard InChI is InChI=1S/C27H28ClFN2O/c1-19-6-5-9-22(16-19)26(20-7-3-2-4-8-20)30-27(32)21-12-14-31(15-13-21)18-23-10-11-24(28)17-25(23)29/h2-11,16-17,21,26H,12-15,18H2,1H3,(H,30,32)/t26-/m0/s1. The van der Waals surface area contributed by atoms with Gasteiger partial charge in [-0.1, -0.05) is 77.8 Å². The van der Waals surface area contributed by atoms with E-state index in [-0.39, 0.29) is 23.7 Å². The average molecular weight is 451 g/mol. The molecule has 1 aliphatic rings. The van der Waals surface area contributed by atoms with Crippen molar-refractivity contribution in [1.29, 1.82) is 0 Å². The molecule has 3 nitrogen and oxygen atoms in total. The minimum absolute atomic E-state index is 0.0441. The minimum atomic E-state index is -0.277. The van der Waals surface area contributed by atoms with E-state index >= 15 is 0 Å². The maximum absolute atomic E-state index is 14.1. The zero-order chi connectivity index (χ0) is 22.5. The van der Waals surface area contributed by atoms with Crippen molar-refractivity contribution in [2.75, 3.05) is 13.1 Å². The van der Waals surface area contributed by atoms with Gasteiger partial charge in [0.1, 0.15) is 5.82 Å². The maximum Gasteiger partial charge on any atom is 0.223 e. The number of rotatable bonds is 6. The number of hydrogen-bond donors (Lipinski definition) is 1. The molecule has 1 fully saturated rings. The number of hydrogen-bond acceptors (Lipinski definition) is 2. The van der Waals surface area contributed by atoms with Crippen LogP contribution >= 0.6 is 11.6 Å². The van der Waals surface area contributed by atoms with Gasteiger partial charge in [0.05, 0.1) is 6.04 Å². The smallest absolute Gasteiger partial charge is 0.223 e. The molecule has 32 heavy (non-hydrogen) atoms. The second-order valence-electron chi connectivity index (χ2n) is 8.55. The average Bonchev–Trinajstić information content (AvgIpc) is 2.80. The van der Waals surface area contributed by atoms with Crippen molar-refractivity contribution in [2.45, 2.75) is 32.4 Å². The van der Waals surface area contributed by atoms with E-state index in [9.17, 15) is 9.18 Å². The number of carbonyl (C=O) groups is 1. The number of aryl methyl sites for hydroxylation is 1. The molecule has 0 radical (unpaired) electrons. The van der Waals surface area contributed by atoms with Gasteiger partial charge in [-0.25, -0.2) is 4.39 Å². The molecule has 1 atom stereocenters. The number of likely N-dealkylation sites (tertiary alicyclic amines) is 1.